The van der Waals surface area contributed by atoms with Crippen LogP contribution in [0.2, 0.25) is 10.0 Å². The van der Waals surface area contributed by atoms with Crippen molar-refractivity contribution in [1.82, 2.24) is 9.80 Å². The monoisotopic (exact) mass is 1410 g/mol. The van der Waals surface area contributed by atoms with Crippen molar-refractivity contribution in [2.45, 2.75) is 238 Å². The molecule has 4 N–H and O–H groups in total. The SMILES string of the molecule is CCCCN(CCCC)CCC(O)c1cc2c(Cl)cc(Cl)cc2c2cc(C(F)(F)F)ccc12.CO[C@H]1C[C@@H]2CC[C@@H](C)[C@@](O)(O2)C(=O)C(=O)N2CCCC[C@H]2C(=O)O[C@H]([C@H](C)C[C@@H]2CC[C@@H](O)[C@H](OC)C2)CC(=O)[C@H](C)/C=C(\C)[C@@H](O)[C@@H](OC)C(=O)[C@H](C)C[C@H](C)/C=C/C=CC=C1C. The molecule has 98 heavy (non-hydrogen) atoms. The summed E-state index contributed by atoms with van der Waals surface area (Å²) in [5.41, 5.74) is 1.11. The predicted molar refractivity (Wildman–Crippen MR) is 377 cm³/mol. The zero-order valence-electron chi connectivity index (χ0n) is 59.6. The van der Waals surface area contributed by atoms with Crippen LogP contribution in [0.25, 0.3) is 21.5 Å². The lowest BCUT2D eigenvalue weighted by Crippen LogP contribution is -2.61. The summed E-state index contributed by atoms with van der Waals surface area (Å²) in [6.07, 6.45) is 10.8. The molecule has 16 atom stereocenters. The lowest BCUT2D eigenvalue weighted by molar-refractivity contribution is -0.265. The molecule has 1 amide bonds. The van der Waals surface area contributed by atoms with Crippen molar-refractivity contribution in [1.29, 1.82) is 0 Å². The van der Waals surface area contributed by atoms with Gasteiger partial charge in [0.05, 0.1) is 36.1 Å². The Hall–Kier alpha value is -4.90. The number of esters is 1. The fourth-order valence-corrected chi connectivity index (χ4v) is 14.9. The number of fused-ring (bicyclic) bond motifs is 6. The minimum absolute atomic E-state index is 0.0193. The summed E-state index contributed by atoms with van der Waals surface area (Å²) in [6.45, 7) is 19.7. The number of amides is 1. The number of piperidine rings is 1. The number of unbranched alkanes of at least 4 members (excludes halogenated alkanes) is 2. The largest absolute Gasteiger partial charge is 0.460 e. The van der Waals surface area contributed by atoms with E-state index in [0.29, 0.717) is 107 Å². The first kappa shape index (κ1) is 82.1. The summed E-state index contributed by atoms with van der Waals surface area (Å²) < 4.78 is 69.7. The van der Waals surface area contributed by atoms with E-state index in [9.17, 15) is 57.6 Å². The highest BCUT2D eigenvalue weighted by molar-refractivity contribution is 6.40. The number of allylic oxidation sites excluding steroid dienone is 6. The molecular weight excluding hydrogens is 1300 g/mol. The Labute approximate surface area is 588 Å². The van der Waals surface area contributed by atoms with E-state index in [4.69, 9.17) is 46.9 Å². The number of aliphatic hydroxyl groups is 4. The number of hydrogen-bond donors (Lipinski definition) is 4. The van der Waals surface area contributed by atoms with E-state index in [2.05, 4.69) is 18.7 Å². The summed E-state index contributed by atoms with van der Waals surface area (Å²) in [5.74, 6) is -7.96. The van der Waals surface area contributed by atoms with Gasteiger partial charge in [0, 0.05) is 80.4 Å². The van der Waals surface area contributed by atoms with Crippen LogP contribution in [0.15, 0.2) is 84.0 Å². The maximum Gasteiger partial charge on any atom is 0.416 e. The maximum atomic E-state index is 14.4. The molecule has 4 aliphatic rings. The molecule has 546 valence electrons. The van der Waals surface area contributed by atoms with E-state index >= 15 is 0 Å². The molecule has 2 saturated heterocycles. The molecule has 3 heterocycles. The van der Waals surface area contributed by atoms with Crippen molar-refractivity contribution in [2.24, 2.45) is 35.5 Å². The minimum Gasteiger partial charge on any atom is -0.460 e. The number of methoxy groups -OCH3 is 3. The lowest BCUT2D eigenvalue weighted by atomic mass is 9.78. The Morgan fingerprint density at radius 2 is 1.48 bits per heavy atom. The molecule has 16 nitrogen and oxygen atoms in total. The molecule has 1 unspecified atom stereocenters. The van der Waals surface area contributed by atoms with Gasteiger partial charge in [0.25, 0.3) is 11.7 Å². The zero-order chi connectivity index (χ0) is 72.3. The number of aliphatic hydroxyl groups excluding tert-OH is 3. The van der Waals surface area contributed by atoms with E-state index in [1.807, 2.05) is 58.1 Å². The molecule has 21 heteroatoms. The van der Waals surface area contributed by atoms with E-state index in [0.717, 1.165) is 69.4 Å². The van der Waals surface area contributed by atoms with Gasteiger partial charge in [-0.1, -0.05) is 127 Å². The standard InChI is InChI=1S/C51H79NO13.C26H30Cl2F3NO/c1-30-16-12-11-13-17-31(2)42(61-8)28-38-21-19-36(7)51(60,65-38)48(57)49(58)52-23-15-14-18-39(52)50(59)64-43(33(4)26-37-20-22-40(53)44(27-37)62-9)29-41(54)32(3)25-35(6)46(56)47(63-10)45(55)34(5)24-30;1-3-5-10-32(11-6-4-2)12-9-25(33)23-16-22-21(14-18(27)15-24(22)28)20-13-17(26(29,30)31)7-8-19(20)23/h11-13,16-17,25,30,32-34,36-40,42-44,46-47,53,56,60H,14-15,18-24,26-29H2,1-10H3;7-8,13-16,25,33H,3-6,9-12H2,1-2H3/b13-11?,16-12+,31-17?,35-25+;/t30-,32-,33-,34-,36-,37+,38+,39+,40-,42+,43+,44-,46-,47+,51-;/m1./s1. The number of halogens is 5. The Morgan fingerprint density at radius 3 is 2.13 bits per heavy atom. The van der Waals surface area contributed by atoms with Crippen molar-refractivity contribution in [3.8, 4) is 0 Å². The molecule has 0 aromatic heterocycles. The number of ketones is 3. The predicted octanol–water partition coefficient (Wildman–Crippen LogP) is 14.8. The van der Waals surface area contributed by atoms with Crippen LogP contribution >= 0.6 is 23.2 Å². The summed E-state index contributed by atoms with van der Waals surface area (Å²) in [7, 11) is 4.52. The molecule has 3 fully saturated rings. The fourth-order valence-electron chi connectivity index (χ4n) is 14.3. The molecular formula is C77H109Cl2F3N2O14. The normalized spacial score (nSPS) is 30.4. The van der Waals surface area contributed by atoms with Crippen molar-refractivity contribution in [3.63, 3.8) is 0 Å². The molecule has 3 aromatic rings. The summed E-state index contributed by atoms with van der Waals surface area (Å²) >= 11 is 12.6. The third-order valence-corrected chi connectivity index (χ3v) is 21.1. The van der Waals surface area contributed by atoms with E-state index in [1.165, 1.54) is 18.1 Å². The van der Waals surface area contributed by atoms with Crippen LogP contribution in [0.5, 0.6) is 0 Å². The fraction of sp³-hybridized carbons (Fsp3) is 0.649. The molecule has 1 aliphatic carbocycles. The van der Waals surface area contributed by atoms with Crippen LogP contribution in [0, 0.1) is 35.5 Å². The van der Waals surface area contributed by atoms with Gasteiger partial charge in [-0.2, -0.15) is 13.2 Å². The van der Waals surface area contributed by atoms with Crippen LogP contribution in [0.3, 0.4) is 0 Å². The van der Waals surface area contributed by atoms with E-state index in [1.54, 1.807) is 59.3 Å². The van der Waals surface area contributed by atoms with E-state index < -0.39 is 102 Å². The molecule has 7 rings (SSSR count). The number of cyclic esters (lactones) is 1. The van der Waals surface area contributed by atoms with E-state index in [-0.39, 0.29) is 54.8 Å². The second kappa shape index (κ2) is 38.4. The Kier molecular flexibility index (Phi) is 32.1. The first-order valence-electron chi connectivity index (χ1n) is 35.4. The summed E-state index contributed by atoms with van der Waals surface area (Å²) in [4.78, 5) is 74.1. The Morgan fingerprint density at radius 1 is 0.786 bits per heavy atom. The quantitative estimate of drug-likeness (QED) is 0.0454. The molecule has 1 saturated carbocycles. The van der Waals surface area contributed by atoms with Crippen LogP contribution in [-0.2, 0) is 53.8 Å². The van der Waals surface area contributed by atoms with Gasteiger partial charge < -0.3 is 53.9 Å². The molecule has 3 aromatic carbocycles. The minimum atomic E-state index is -4.48. The van der Waals surface area contributed by atoms with Crippen molar-refractivity contribution in [2.75, 3.05) is 47.5 Å². The number of alkyl halides is 3. The molecule has 3 aliphatic heterocycles. The smallest absolute Gasteiger partial charge is 0.416 e. The number of carbonyl (C=O) groups is 5. The average molecular weight is 1410 g/mol. The van der Waals surface area contributed by atoms with Crippen LogP contribution in [0.1, 0.15) is 189 Å². The first-order valence-corrected chi connectivity index (χ1v) is 36.2. The third kappa shape index (κ3) is 22.1. The van der Waals surface area contributed by atoms with Crippen LogP contribution in [-0.4, -0.2) is 162 Å². The zero-order valence-corrected chi connectivity index (χ0v) is 61.1. The average Bonchev–Trinajstić information content (AvgIpc) is 0.756. The third-order valence-electron chi connectivity index (χ3n) is 20.6. The second-order valence-electron chi connectivity index (χ2n) is 28.2. The van der Waals surface area contributed by atoms with Gasteiger partial charge in [-0.3, -0.25) is 19.2 Å². The number of ether oxygens (including phenoxy) is 5. The maximum absolute atomic E-state index is 14.4. The highest BCUT2D eigenvalue weighted by Crippen LogP contribution is 2.42. The van der Waals surface area contributed by atoms with Gasteiger partial charge in [0.1, 0.15) is 30.1 Å². The van der Waals surface area contributed by atoms with Gasteiger partial charge in [0.2, 0.25) is 5.79 Å². The summed E-state index contributed by atoms with van der Waals surface area (Å²) in [5, 5.41) is 47.7. The molecule has 0 radical (unpaired) electrons. The highest BCUT2D eigenvalue weighted by Gasteiger charge is 2.53. The number of benzene rings is 3. The number of carbonyl (C=O) groups excluding carboxylic acids is 5. The molecule has 2 bridgehead atoms. The van der Waals surface area contributed by atoms with Crippen molar-refractivity contribution in [3.05, 3.63) is 105 Å². The topological polar surface area (TPSA) is 219 Å². The van der Waals surface area contributed by atoms with Crippen molar-refractivity contribution >= 4 is 74.0 Å². The lowest BCUT2D eigenvalue weighted by Gasteiger charge is -2.42. The van der Waals surface area contributed by atoms with Crippen LogP contribution < -0.4 is 0 Å². The van der Waals surface area contributed by atoms with Crippen LogP contribution in [0.4, 0.5) is 13.2 Å². The second-order valence-corrected chi connectivity index (χ2v) is 29.0. The number of hydrogen-bond acceptors (Lipinski definition) is 15. The Bertz CT molecular complexity index is 3280. The summed E-state index contributed by atoms with van der Waals surface area (Å²) in [6, 6.07) is 7.46. The number of rotatable bonds is 16. The number of nitrogens with zero attached hydrogens (tertiary/aromatic N) is 2. The number of Topliss-reactive ketones (excluding diaryl/α,β-unsaturated/α-hetero) is 3. The van der Waals surface area contributed by atoms with Gasteiger partial charge >= 0.3 is 12.1 Å². The van der Waals surface area contributed by atoms with Crippen molar-refractivity contribution < 1.29 is 81.3 Å². The van der Waals surface area contributed by atoms with Gasteiger partial charge in [0.15, 0.2) is 5.78 Å². The first-order chi connectivity index (χ1) is 46.4. The molecule has 0 spiro atoms. The Balaban J connectivity index is 0.000000382. The van der Waals surface area contributed by atoms with Gasteiger partial charge in [-0.05, 0) is 191 Å². The van der Waals surface area contributed by atoms with Gasteiger partial charge in [-0.25, -0.2) is 4.79 Å². The van der Waals surface area contributed by atoms with Gasteiger partial charge in [-0.15, -0.1) is 0 Å². The highest BCUT2D eigenvalue weighted by atomic mass is 35.5.